The summed E-state index contributed by atoms with van der Waals surface area (Å²) in [5.41, 5.74) is 0. The minimum atomic E-state index is 0. The Balaban J connectivity index is -0.000000110. The molecule has 0 saturated heterocycles. The van der Waals surface area contributed by atoms with Gasteiger partial charge in [-0.05, 0) is 0 Å². The molecule has 0 bridgehead atoms. The maximum Gasteiger partial charge on any atom is 0 e. The van der Waals surface area contributed by atoms with Gasteiger partial charge >= 0.3 is 0 Å². The van der Waals surface area contributed by atoms with Gasteiger partial charge in [-0.25, -0.2) is 0 Å². The predicted molar refractivity (Wildman–Crippen MR) is 148 cm³/mol. The van der Waals surface area contributed by atoms with Gasteiger partial charge in [0.15, 0.2) is 0 Å². The molecule has 0 aliphatic heterocycles. The van der Waals surface area contributed by atoms with Crippen LogP contribution in [0.1, 0.15) is 175 Å². The van der Waals surface area contributed by atoms with E-state index in [1.54, 1.807) is 0 Å². The molecule has 0 amide bonds. The van der Waals surface area contributed by atoms with Gasteiger partial charge in [-0.3, -0.25) is 0 Å². The van der Waals surface area contributed by atoms with Crippen LogP contribution in [-0.2, 0) is 25.8 Å². The van der Waals surface area contributed by atoms with Crippen molar-refractivity contribution in [3.05, 3.63) is 20.8 Å². The molecule has 0 saturated carbocycles. The Hall–Kier alpha value is 0.830. The molecule has 0 spiro atoms. The summed E-state index contributed by atoms with van der Waals surface area (Å²) < 4.78 is 0. The van der Waals surface area contributed by atoms with E-state index in [0.29, 0.717) is 0 Å². The van der Waals surface area contributed by atoms with Gasteiger partial charge in [0.1, 0.15) is 0 Å². The van der Waals surface area contributed by atoms with Crippen LogP contribution in [-0.4, -0.2) is 5.48 Å². The summed E-state index contributed by atoms with van der Waals surface area (Å²) in [6.07, 6.45) is 32.8. The van der Waals surface area contributed by atoms with Crippen molar-refractivity contribution in [3.8, 4) is 0 Å². The Morgan fingerprint density at radius 3 is 0.625 bits per heavy atom. The molecule has 2 N–H and O–H groups in total. The molecule has 0 heterocycles. The van der Waals surface area contributed by atoms with Crippen molar-refractivity contribution in [1.82, 2.24) is 0 Å². The second kappa shape index (κ2) is 49.1. The van der Waals surface area contributed by atoms with E-state index in [4.69, 9.17) is 0 Å². The van der Waals surface area contributed by atoms with Crippen LogP contribution in [0.2, 0.25) is 0 Å². The third-order valence-corrected chi connectivity index (χ3v) is 5.56. The second-order valence-corrected chi connectivity index (χ2v) is 8.92. The SMILES string of the molecule is O.[CH2-]CCCCCCCCC.[CH2-]CCCCCCCCC.[CH2-]CCCCCCCCC.[Hf]. The quantitative estimate of drug-likeness (QED) is 0.0695. The normalized spacial score (nSPS) is 9.56. The molecule has 0 fully saturated rings. The van der Waals surface area contributed by atoms with Crippen molar-refractivity contribution < 1.29 is 31.3 Å². The summed E-state index contributed by atoms with van der Waals surface area (Å²) in [6.45, 7) is 18.2. The first-order valence-corrected chi connectivity index (χ1v) is 14.1. The zero-order chi connectivity index (χ0) is 23.0. The second-order valence-electron chi connectivity index (χ2n) is 8.92. The first-order valence-electron chi connectivity index (χ1n) is 14.1. The van der Waals surface area contributed by atoms with Crippen LogP contribution in [0.5, 0.6) is 0 Å². The molecule has 0 atom stereocenters. The smallest absolute Gasteiger partial charge is 0 e. The third-order valence-electron chi connectivity index (χ3n) is 5.56. The summed E-state index contributed by atoms with van der Waals surface area (Å²) >= 11 is 0. The molecule has 0 aromatic carbocycles. The van der Waals surface area contributed by atoms with Crippen LogP contribution >= 0.6 is 0 Å². The molecule has 0 unspecified atom stereocenters. The first-order chi connectivity index (χ1) is 14.7. The van der Waals surface area contributed by atoms with Crippen LogP contribution in [0.3, 0.4) is 0 Å². The zero-order valence-electron chi connectivity index (χ0n) is 23.1. The summed E-state index contributed by atoms with van der Waals surface area (Å²) in [6, 6.07) is 0. The van der Waals surface area contributed by atoms with Gasteiger partial charge in [0.05, 0.1) is 0 Å². The number of unbranched alkanes of at least 4 members (excludes halogenated alkanes) is 21. The number of hydrogen-bond donors (Lipinski definition) is 0. The fraction of sp³-hybridized carbons (Fsp3) is 0.900. The Labute approximate surface area is 226 Å². The van der Waals surface area contributed by atoms with Crippen LogP contribution < -0.4 is 0 Å². The number of hydrogen-bond acceptors (Lipinski definition) is 0. The monoisotopic (exact) mass is 621 g/mol. The largest absolute Gasteiger partial charge is 0.412 e. The molecule has 198 valence electrons. The molecular formula is C30H65HfO-3. The Morgan fingerprint density at radius 2 is 0.469 bits per heavy atom. The maximum atomic E-state index is 3.82. The van der Waals surface area contributed by atoms with Crippen LogP contribution in [0.15, 0.2) is 0 Å². The van der Waals surface area contributed by atoms with Gasteiger partial charge in [0, 0.05) is 25.8 Å². The fourth-order valence-electron chi connectivity index (χ4n) is 3.40. The molecule has 1 nitrogen and oxygen atoms in total. The van der Waals surface area contributed by atoms with Crippen LogP contribution in [0.4, 0.5) is 0 Å². The van der Waals surface area contributed by atoms with Crippen LogP contribution in [0, 0.1) is 20.8 Å². The van der Waals surface area contributed by atoms with E-state index < -0.39 is 0 Å². The Morgan fingerprint density at radius 1 is 0.312 bits per heavy atom. The topological polar surface area (TPSA) is 31.5 Å². The standard InChI is InChI=1S/3C10H21.Hf.H2O/c3*1-3-5-7-9-10-8-6-4-2;;/h3*1,3-10H2,2H3;;1H2/q3*-1;;. The molecule has 0 rings (SSSR count). The van der Waals surface area contributed by atoms with Gasteiger partial charge in [-0.1, -0.05) is 156 Å². The molecule has 2 heteroatoms. The summed E-state index contributed by atoms with van der Waals surface area (Å²) in [5.74, 6) is 0. The van der Waals surface area contributed by atoms with E-state index in [2.05, 4.69) is 41.5 Å². The molecule has 0 aliphatic rings. The van der Waals surface area contributed by atoms with Gasteiger partial charge in [0.2, 0.25) is 0 Å². The van der Waals surface area contributed by atoms with Crippen molar-refractivity contribution in [1.29, 1.82) is 0 Å². The first kappa shape index (κ1) is 42.9. The van der Waals surface area contributed by atoms with Crippen molar-refractivity contribution in [2.75, 3.05) is 0 Å². The molecule has 0 radical (unpaired) electrons. The average molecular weight is 620 g/mol. The van der Waals surface area contributed by atoms with Gasteiger partial charge < -0.3 is 26.2 Å². The molecule has 0 aromatic rings. The van der Waals surface area contributed by atoms with E-state index in [0.717, 1.165) is 19.3 Å². The maximum absolute atomic E-state index is 3.82. The Kier molecular flexibility index (Phi) is 65.9. The fourth-order valence-corrected chi connectivity index (χ4v) is 3.40. The van der Waals surface area contributed by atoms with E-state index >= 15 is 0 Å². The Bertz CT molecular complexity index is 171. The van der Waals surface area contributed by atoms with E-state index in [-0.39, 0.29) is 31.3 Å². The van der Waals surface area contributed by atoms with Gasteiger partial charge in [-0.15, -0.1) is 0 Å². The summed E-state index contributed by atoms with van der Waals surface area (Å²) in [4.78, 5) is 0. The molecule has 0 aliphatic carbocycles. The van der Waals surface area contributed by atoms with E-state index in [9.17, 15) is 0 Å². The molecule has 0 aromatic heterocycles. The molecular weight excluding hydrogens is 555 g/mol. The van der Waals surface area contributed by atoms with Crippen molar-refractivity contribution in [3.63, 3.8) is 0 Å². The minimum absolute atomic E-state index is 0. The third kappa shape index (κ3) is 57.6. The van der Waals surface area contributed by atoms with E-state index in [1.807, 2.05) is 0 Å². The van der Waals surface area contributed by atoms with Crippen molar-refractivity contribution >= 4 is 0 Å². The van der Waals surface area contributed by atoms with Crippen molar-refractivity contribution in [2.24, 2.45) is 0 Å². The van der Waals surface area contributed by atoms with E-state index in [1.165, 1.54) is 135 Å². The summed E-state index contributed by atoms with van der Waals surface area (Å²) in [5, 5.41) is 0. The number of rotatable bonds is 21. The summed E-state index contributed by atoms with van der Waals surface area (Å²) in [7, 11) is 0. The minimum Gasteiger partial charge on any atom is -0.412 e. The van der Waals surface area contributed by atoms with Gasteiger partial charge in [0.25, 0.3) is 0 Å². The zero-order valence-corrected chi connectivity index (χ0v) is 26.7. The van der Waals surface area contributed by atoms with Crippen molar-refractivity contribution in [2.45, 2.75) is 175 Å². The predicted octanol–water partition coefficient (Wildman–Crippen LogP) is 11.1. The molecule has 32 heavy (non-hydrogen) atoms. The van der Waals surface area contributed by atoms with Crippen LogP contribution in [0.25, 0.3) is 0 Å². The van der Waals surface area contributed by atoms with Gasteiger partial charge in [-0.2, -0.15) is 19.3 Å². The average Bonchev–Trinajstić information content (AvgIpc) is 2.77.